The molecule has 0 aromatic carbocycles. The fourth-order valence-corrected chi connectivity index (χ4v) is 1.65. The number of rotatable bonds is 3. The van der Waals surface area contributed by atoms with Crippen LogP contribution in [-0.2, 0) is 17.8 Å². The topological polar surface area (TPSA) is 90.4 Å². The third-order valence-electron chi connectivity index (χ3n) is 2.56. The zero-order valence-electron chi connectivity index (χ0n) is 8.43. The SMILES string of the molecule is Cc1c(CC(N)C(=O)O)nc2n1CCO2. The van der Waals surface area contributed by atoms with Gasteiger partial charge in [0, 0.05) is 12.1 Å². The van der Waals surface area contributed by atoms with E-state index in [1.165, 1.54) is 0 Å². The predicted molar refractivity (Wildman–Crippen MR) is 51.8 cm³/mol. The van der Waals surface area contributed by atoms with Crippen LogP contribution in [0.3, 0.4) is 0 Å². The van der Waals surface area contributed by atoms with Gasteiger partial charge in [-0.25, -0.2) is 0 Å². The number of carboxylic acid groups (broad SMARTS) is 1. The van der Waals surface area contributed by atoms with Gasteiger partial charge in [-0.05, 0) is 6.92 Å². The predicted octanol–water partition coefficient (Wildman–Crippen LogP) is -0.462. The Morgan fingerprint density at radius 2 is 2.53 bits per heavy atom. The average Bonchev–Trinajstić information content (AvgIpc) is 2.71. The van der Waals surface area contributed by atoms with Crippen LogP contribution < -0.4 is 10.5 Å². The fraction of sp³-hybridized carbons (Fsp3) is 0.556. The summed E-state index contributed by atoms with van der Waals surface area (Å²) in [6.45, 7) is 3.31. The molecule has 6 heteroatoms. The van der Waals surface area contributed by atoms with E-state index < -0.39 is 12.0 Å². The minimum absolute atomic E-state index is 0.241. The molecule has 3 N–H and O–H groups in total. The number of hydrogen-bond acceptors (Lipinski definition) is 4. The highest BCUT2D eigenvalue weighted by atomic mass is 16.5. The van der Waals surface area contributed by atoms with Crippen LogP contribution in [0.5, 0.6) is 6.01 Å². The molecule has 1 aromatic rings. The summed E-state index contributed by atoms with van der Waals surface area (Å²) in [5, 5.41) is 8.69. The summed E-state index contributed by atoms with van der Waals surface area (Å²) in [7, 11) is 0. The van der Waals surface area contributed by atoms with Crippen molar-refractivity contribution >= 4 is 5.97 Å². The van der Waals surface area contributed by atoms with Crippen molar-refractivity contribution in [3.63, 3.8) is 0 Å². The van der Waals surface area contributed by atoms with Crippen LogP contribution in [0.4, 0.5) is 0 Å². The summed E-state index contributed by atoms with van der Waals surface area (Å²) in [6.07, 6.45) is 0.241. The maximum atomic E-state index is 10.6. The Hall–Kier alpha value is -1.56. The molecule has 0 bridgehead atoms. The van der Waals surface area contributed by atoms with Gasteiger partial charge >= 0.3 is 5.97 Å². The number of carbonyl (C=O) groups is 1. The van der Waals surface area contributed by atoms with Crippen LogP contribution in [0.25, 0.3) is 0 Å². The molecule has 6 nitrogen and oxygen atoms in total. The molecule has 1 aliphatic heterocycles. The second-order valence-electron chi connectivity index (χ2n) is 3.58. The highest BCUT2D eigenvalue weighted by Crippen LogP contribution is 2.22. The monoisotopic (exact) mass is 211 g/mol. The van der Waals surface area contributed by atoms with Crippen molar-refractivity contribution in [1.82, 2.24) is 9.55 Å². The van der Waals surface area contributed by atoms with Gasteiger partial charge in [0.25, 0.3) is 6.01 Å². The molecular weight excluding hydrogens is 198 g/mol. The van der Waals surface area contributed by atoms with Gasteiger partial charge < -0.3 is 15.6 Å². The lowest BCUT2D eigenvalue weighted by molar-refractivity contribution is -0.138. The van der Waals surface area contributed by atoms with Gasteiger partial charge in [-0.2, -0.15) is 4.98 Å². The Balaban J connectivity index is 2.20. The van der Waals surface area contributed by atoms with E-state index in [0.29, 0.717) is 18.3 Å². The number of aliphatic carboxylic acids is 1. The third kappa shape index (κ3) is 1.68. The van der Waals surface area contributed by atoms with Gasteiger partial charge in [0.2, 0.25) is 0 Å². The van der Waals surface area contributed by atoms with Gasteiger partial charge in [0.05, 0.1) is 12.2 Å². The van der Waals surface area contributed by atoms with E-state index in [4.69, 9.17) is 15.6 Å². The number of aromatic nitrogens is 2. The average molecular weight is 211 g/mol. The second kappa shape index (κ2) is 3.54. The number of nitrogens with zero attached hydrogens (tertiary/aromatic N) is 2. The van der Waals surface area contributed by atoms with Crippen molar-refractivity contribution in [3.8, 4) is 6.01 Å². The highest BCUT2D eigenvalue weighted by molar-refractivity contribution is 5.73. The standard InChI is InChI=1S/C9H13N3O3/c1-5-7(4-6(10)8(13)14)11-9-12(5)2-3-15-9/h6H,2-4,10H2,1H3,(H,13,14). The maximum absolute atomic E-state index is 10.6. The van der Waals surface area contributed by atoms with Crippen LogP contribution >= 0.6 is 0 Å². The first kappa shape index (κ1) is 9.97. The van der Waals surface area contributed by atoms with Gasteiger partial charge in [-0.1, -0.05) is 0 Å². The van der Waals surface area contributed by atoms with Crippen LogP contribution in [0, 0.1) is 6.92 Å². The lowest BCUT2D eigenvalue weighted by Gasteiger charge is -2.05. The summed E-state index contributed by atoms with van der Waals surface area (Å²) < 4.78 is 7.20. The first-order chi connectivity index (χ1) is 7.09. The first-order valence-corrected chi connectivity index (χ1v) is 4.76. The molecule has 2 heterocycles. The quantitative estimate of drug-likeness (QED) is 0.706. The van der Waals surface area contributed by atoms with E-state index >= 15 is 0 Å². The van der Waals surface area contributed by atoms with E-state index in [0.717, 1.165) is 12.2 Å². The largest absolute Gasteiger partial charge is 0.480 e. The van der Waals surface area contributed by atoms with Crippen LogP contribution in [-0.4, -0.2) is 33.3 Å². The number of fused-ring (bicyclic) bond motifs is 1. The normalized spacial score (nSPS) is 15.9. The van der Waals surface area contributed by atoms with E-state index in [1.807, 2.05) is 11.5 Å². The summed E-state index contributed by atoms with van der Waals surface area (Å²) in [6, 6.07) is -0.334. The molecule has 2 rings (SSSR count). The molecule has 1 atom stereocenters. The minimum Gasteiger partial charge on any atom is -0.480 e. The summed E-state index contributed by atoms with van der Waals surface area (Å²) >= 11 is 0. The van der Waals surface area contributed by atoms with Crippen LogP contribution in [0.15, 0.2) is 0 Å². The van der Waals surface area contributed by atoms with Gasteiger partial charge in [-0.3, -0.25) is 9.36 Å². The van der Waals surface area contributed by atoms with Crippen molar-refractivity contribution in [2.45, 2.75) is 25.9 Å². The van der Waals surface area contributed by atoms with Gasteiger partial charge in [0.1, 0.15) is 12.6 Å². The number of imidazole rings is 1. The van der Waals surface area contributed by atoms with E-state index in [9.17, 15) is 4.79 Å². The molecule has 0 saturated heterocycles. The molecular formula is C9H13N3O3. The Kier molecular flexibility index (Phi) is 2.36. The van der Waals surface area contributed by atoms with Crippen molar-refractivity contribution in [2.75, 3.05) is 6.61 Å². The Labute approximate surface area is 86.7 Å². The molecule has 0 saturated carbocycles. The van der Waals surface area contributed by atoms with Crippen molar-refractivity contribution < 1.29 is 14.6 Å². The zero-order valence-corrected chi connectivity index (χ0v) is 8.43. The van der Waals surface area contributed by atoms with Gasteiger partial charge in [0.15, 0.2) is 0 Å². The molecule has 0 fully saturated rings. The molecule has 82 valence electrons. The molecule has 0 spiro atoms. The molecule has 1 aliphatic rings. The highest BCUT2D eigenvalue weighted by Gasteiger charge is 2.22. The van der Waals surface area contributed by atoms with Crippen molar-refractivity contribution in [3.05, 3.63) is 11.4 Å². The fourth-order valence-electron chi connectivity index (χ4n) is 1.65. The lowest BCUT2D eigenvalue weighted by Crippen LogP contribution is -2.32. The van der Waals surface area contributed by atoms with E-state index in [2.05, 4.69) is 4.98 Å². The summed E-state index contributed by atoms with van der Waals surface area (Å²) in [5.41, 5.74) is 7.10. The number of nitrogens with two attached hydrogens (primary N) is 1. The zero-order chi connectivity index (χ0) is 11.0. The molecule has 1 unspecified atom stereocenters. The Morgan fingerprint density at radius 1 is 1.80 bits per heavy atom. The molecule has 15 heavy (non-hydrogen) atoms. The van der Waals surface area contributed by atoms with E-state index in [-0.39, 0.29) is 6.42 Å². The molecule has 1 aromatic heterocycles. The number of hydrogen-bond donors (Lipinski definition) is 2. The number of ether oxygens (including phenoxy) is 1. The molecule has 0 amide bonds. The van der Waals surface area contributed by atoms with Crippen LogP contribution in [0.1, 0.15) is 11.4 Å². The minimum atomic E-state index is -1.01. The lowest BCUT2D eigenvalue weighted by atomic mass is 10.1. The molecule has 0 radical (unpaired) electrons. The number of carboxylic acids is 1. The maximum Gasteiger partial charge on any atom is 0.320 e. The van der Waals surface area contributed by atoms with Crippen molar-refractivity contribution in [2.24, 2.45) is 5.73 Å². The summed E-state index contributed by atoms with van der Waals surface area (Å²) in [4.78, 5) is 14.8. The van der Waals surface area contributed by atoms with E-state index in [1.54, 1.807) is 0 Å². The first-order valence-electron chi connectivity index (χ1n) is 4.76. The Bertz CT molecular complexity index is 400. The van der Waals surface area contributed by atoms with Crippen LogP contribution in [0.2, 0.25) is 0 Å². The molecule has 0 aliphatic carbocycles. The van der Waals surface area contributed by atoms with Crippen molar-refractivity contribution in [1.29, 1.82) is 0 Å². The third-order valence-corrected chi connectivity index (χ3v) is 2.56. The summed E-state index contributed by atoms with van der Waals surface area (Å²) in [5.74, 6) is -1.01. The Morgan fingerprint density at radius 3 is 3.13 bits per heavy atom. The van der Waals surface area contributed by atoms with Gasteiger partial charge in [-0.15, -0.1) is 0 Å². The smallest absolute Gasteiger partial charge is 0.320 e. The second-order valence-corrected chi connectivity index (χ2v) is 3.58.